The van der Waals surface area contributed by atoms with Crippen LogP contribution in [-0.4, -0.2) is 22.4 Å². The van der Waals surface area contributed by atoms with Crippen molar-refractivity contribution in [3.05, 3.63) is 24.0 Å². The number of hydrogen-bond donors (Lipinski definition) is 3. The summed E-state index contributed by atoms with van der Waals surface area (Å²) in [4.78, 5) is 19.0. The average molecular weight is 246 g/mol. The van der Waals surface area contributed by atoms with Gasteiger partial charge in [-0.3, -0.25) is 4.79 Å². The number of fused-ring (bicyclic) bond motifs is 1. The van der Waals surface area contributed by atoms with Gasteiger partial charge in [-0.2, -0.15) is 0 Å². The molecule has 2 aromatic rings. The van der Waals surface area contributed by atoms with Crippen LogP contribution in [0.5, 0.6) is 0 Å². The van der Waals surface area contributed by atoms with Gasteiger partial charge in [0, 0.05) is 11.1 Å². The fraction of sp³-hybridized carbons (Fsp3) is 0.385. The molecule has 0 aliphatic heterocycles. The van der Waals surface area contributed by atoms with Crippen molar-refractivity contribution in [3.8, 4) is 0 Å². The number of anilines is 1. The molecule has 0 spiro atoms. The molecule has 0 bridgehead atoms. The van der Waals surface area contributed by atoms with Crippen molar-refractivity contribution >= 4 is 22.6 Å². The zero-order valence-electron chi connectivity index (χ0n) is 10.9. The van der Waals surface area contributed by atoms with E-state index in [9.17, 15) is 4.79 Å². The minimum absolute atomic E-state index is 0.0196. The Morgan fingerprint density at radius 3 is 2.78 bits per heavy atom. The number of imidazole rings is 1. The lowest BCUT2D eigenvalue weighted by molar-refractivity contribution is -0.114. The highest BCUT2D eigenvalue weighted by atomic mass is 16.1. The molecule has 1 heterocycles. The number of carbonyl (C=O) groups is 1. The number of nitrogens with two attached hydrogens (primary N) is 1. The van der Waals surface area contributed by atoms with E-state index < -0.39 is 0 Å². The van der Waals surface area contributed by atoms with Crippen molar-refractivity contribution in [2.24, 2.45) is 5.73 Å². The van der Waals surface area contributed by atoms with Gasteiger partial charge >= 0.3 is 0 Å². The highest BCUT2D eigenvalue weighted by molar-refractivity contribution is 5.94. The number of carbonyl (C=O) groups excluding carboxylic acids is 1. The predicted octanol–water partition coefficient (Wildman–Crippen LogP) is 1.76. The molecule has 1 amide bonds. The summed E-state index contributed by atoms with van der Waals surface area (Å²) in [6, 6.07) is 5.57. The smallest absolute Gasteiger partial charge is 0.238 e. The zero-order valence-corrected chi connectivity index (χ0v) is 10.9. The lowest BCUT2D eigenvalue weighted by atomic mass is 9.96. The maximum Gasteiger partial charge on any atom is 0.238 e. The molecule has 18 heavy (non-hydrogen) atoms. The quantitative estimate of drug-likeness (QED) is 0.755. The third kappa shape index (κ3) is 2.51. The van der Waals surface area contributed by atoms with Gasteiger partial charge in [0.2, 0.25) is 5.91 Å². The molecule has 0 unspecified atom stereocenters. The second-order valence-electron chi connectivity index (χ2n) is 5.32. The van der Waals surface area contributed by atoms with Crippen molar-refractivity contribution < 1.29 is 4.79 Å². The molecule has 0 atom stereocenters. The van der Waals surface area contributed by atoms with Crippen LogP contribution in [-0.2, 0) is 10.2 Å². The van der Waals surface area contributed by atoms with Gasteiger partial charge in [0.05, 0.1) is 17.6 Å². The van der Waals surface area contributed by atoms with E-state index in [4.69, 9.17) is 5.73 Å². The maximum absolute atomic E-state index is 11.2. The second kappa shape index (κ2) is 4.42. The van der Waals surface area contributed by atoms with Gasteiger partial charge in [0.1, 0.15) is 5.82 Å². The molecule has 1 aromatic heterocycles. The van der Waals surface area contributed by atoms with Crippen LogP contribution >= 0.6 is 0 Å². The van der Waals surface area contributed by atoms with Gasteiger partial charge in [-0.15, -0.1) is 0 Å². The Bertz CT molecular complexity index is 580. The number of nitrogens with zero attached hydrogens (tertiary/aromatic N) is 1. The number of amides is 1. The number of hydrogen-bond acceptors (Lipinski definition) is 3. The van der Waals surface area contributed by atoms with Crippen LogP contribution in [0, 0.1) is 0 Å². The molecule has 2 rings (SSSR count). The van der Waals surface area contributed by atoms with Gasteiger partial charge in [-0.05, 0) is 18.2 Å². The van der Waals surface area contributed by atoms with E-state index in [0.717, 1.165) is 22.5 Å². The van der Waals surface area contributed by atoms with Crippen molar-refractivity contribution in [1.82, 2.24) is 9.97 Å². The molecule has 0 radical (unpaired) electrons. The van der Waals surface area contributed by atoms with E-state index in [1.54, 1.807) is 0 Å². The molecule has 5 nitrogen and oxygen atoms in total. The van der Waals surface area contributed by atoms with E-state index >= 15 is 0 Å². The summed E-state index contributed by atoms with van der Waals surface area (Å²) in [5, 5.41) is 2.72. The Labute approximate surface area is 106 Å². The predicted molar refractivity (Wildman–Crippen MR) is 72.5 cm³/mol. The summed E-state index contributed by atoms with van der Waals surface area (Å²) in [6.45, 7) is 6.28. The maximum atomic E-state index is 11.2. The normalized spacial score (nSPS) is 11.8. The average Bonchev–Trinajstić information content (AvgIpc) is 2.71. The Morgan fingerprint density at radius 2 is 2.17 bits per heavy atom. The first kappa shape index (κ1) is 12.6. The van der Waals surface area contributed by atoms with E-state index in [1.165, 1.54) is 0 Å². The van der Waals surface area contributed by atoms with Crippen molar-refractivity contribution in [1.29, 1.82) is 0 Å². The highest BCUT2D eigenvalue weighted by Crippen LogP contribution is 2.24. The third-order valence-electron chi connectivity index (χ3n) is 2.66. The lowest BCUT2D eigenvalue weighted by Gasteiger charge is -2.13. The molecular formula is C13H18N4O. The number of nitrogens with one attached hydrogen (secondary N) is 2. The van der Waals surface area contributed by atoms with Crippen LogP contribution in [0.15, 0.2) is 18.2 Å². The van der Waals surface area contributed by atoms with E-state index in [-0.39, 0.29) is 17.9 Å². The van der Waals surface area contributed by atoms with Crippen molar-refractivity contribution in [3.63, 3.8) is 0 Å². The van der Waals surface area contributed by atoms with Crippen LogP contribution in [0.3, 0.4) is 0 Å². The van der Waals surface area contributed by atoms with Crippen LogP contribution in [0.1, 0.15) is 26.6 Å². The molecule has 96 valence electrons. The first-order valence-corrected chi connectivity index (χ1v) is 5.90. The Hall–Kier alpha value is -1.88. The molecule has 4 N–H and O–H groups in total. The summed E-state index contributed by atoms with van der Waals surface area (Å²) in [5.74, 6) is 0.727. The second-order valence-corrected chi connectivity index (χ2v) is 5.32. The van der Waals surface area contributed by atoms with Gasteiger partial charge in [-0.1, -0.05) is 20.8 Å². The molecule has 0 aliphatic rings. The Balaban J connectivity index is 2.37. The summed E-state index contributed by atoms with van der Waals surface area (Å²) in [7, 11) is 0. The summed E-state index contributed by atoms with van der Waals surface area (Å²) >= 11 is 0. The first-order chi connectivity index (χ1) is 8.40. The SMILES string of the molecule is CC(C)(C)c1nc2ccc(NC(=O)CN)cc2[nH]1. The molecular weight excluding hydrogens is 228 g/mol. The monoisotopic (exact) mass is 246 g/mol. The molecule has 0 saturated carbocycles. The van der Waals surface area contributed by atoms with Gasteiger partial charge in [0.15, 0.2) is 0 Å². The summed E-state index contributed by atoms with van der Waals surface area (Å²) in [5.41, 5.74) is 7.76. The van der Waals surface area contributed by atoms with Crippen molar-refractivity contribution in [2.75, 3.05) is 11.9 Å². The molecule has 0 aliphatic carbocycles. The lowest BCUT2D eigenvalue weighted by Crippen LogP contribution is -2.21. The minimum Gasteiger partial charge on any atom is -0.341 e. The molecule has 5 heteroatoms. The number of aromatic nitrogens is 2. The minimum atomic E-state index is -0.204. The largest absolute Gasteiger partial charge is 0.341 e. The molecule has 0 saturated heterocycles. The standard InChI is InChI=1S/C13H18N4O/c1-13(2,3)12-16-9-5-4-8(6-10(9)17-12)15-11(18)7-14/h4-6H,7,14H2,1-3H3,(H,15,18)(H,16,17). The summed E-state index contributed by atoms with van der Waals surface area (Å²) in [6.07, 6.45) is 0. The highest BCUT2D eigenvalue weighted by Gasteiger charge is 2.18. The van der Waals surface area contributed by atoms with E-state index in [0.29, 0.717) is 0 Å². The first-order valence-electron chi connectivity index (χ1n) is 5.90. The third-order valence-corrected chi connectivity index (χ3v) is 2.66. The number of H-pyrrole nitrogens is 1. The zero-order chi connectivity index (χ0) is 13.3. The van der Waals surface area contributed by atoms with Gasteiger partial charge in [-0.25, -0.2) is 4.98 Å². The van der Waals surface area contributed by atoms with Crippen LogP contribution < -0.4 is 11.1 Å². The Kier molecular flexibility index (Phi) is 3.09. The van der Waals surface area contributed by atoms with Gasteiger partial charge < -0.3 is 16.0 Å². The van der Waals surface area contributed by atoms with Crippen LogP contribution in [0.25, 0.3) is 11.0 Å². The molecule has 0 fully saturated rings. The fourth-order valence-electron chi connectivity index (χ4n) is 1.65. The van der Waals surface area contributed by atoms with E-state index in [1.807, 2.05) is 18.2 Å². The number of rotatable bonds is 2. The fourth-order valence-corrected chi connectivity index (χ4v) is 1.65. The number of benzene rings is 1. The van der Waals surface area contributed by atoms with Crippen molar-refractivity contribution in [2.45, 2.75) is 26.2 Å². The van der Waals surface area contributed by atoms with Crippen LogP contribution in [0.4, 0.5) is 5.69 Å². The summed E-state index contributed by atoms with van der Waals surface area (Å²) < 4.78 is 0. The van der Waals surface area contributed by atoms with Crippen LogP contribution in [0.2, 0.25) is 0 Å². The Morgan fingerprint density at radius 1 is 1.44 bits per heavy atom. The number of aromatic amines is 1. The molecule has 1 aromatic carbocycles. The van der Waals surface area contributed by atoms with E-state index in [2.05, 4.69) is 36.1 Å². The topological polar surface area (TPSA) is 83.8 Å². The van der Waals surface area contributed by atoms with Gasteiger partial charge in [0.25, 0.3) is 0 Å².